The smallest absolute Gasteiger partial charge is 0.309 e. The van der Waals surface area contributed by atoms with Gasteiger partial charge in [-0.2, -0.15) is 0 Å². The lowest BCUT2D eigenvalue weighted by Crippen LogP contribution is -2.05. The standard InChI is InChI=1S/C19H18N2O2/c22-18(23)12-16-19(20-17-7-3-4-10-21(16)17)15-9-8-13-5-1-2-6-14(13)11-15/h3-4,7-11H,1-2,5-6,12H2,(H,22,23). The number of carboxylic acid groups (broad SMARTS) is 1. The van der Waals surface area contributed by atoms with Crippen molar-refractivity contribution in [2.45, 2.75) is 32.1 Å². The molecule has 0 aliphatic heterocycles. The zero-order chi connectivity index (χ0) is 15.8. The van der Waals surface area contributed by atoms with E-state index in [2.05, 4.69) is 23.2 Å². The average molecular weight is 306 g/mol. The number of hydrogen-bond donors (Lipinski definition) is 1. The van der Waals surface area contributed by atoms with Gasteiger partial charge in [-0.25, -0.2) is 4.98 Å². The number of aliphatic carboxylic acids is 1. The SMILES string of the molecule is O=C(O)Cc1c(-c2ccc3c(c2)CCCC3)nc2ccccn12. The Hall–Kier alpha value is -2.62. The third kappa shape index (κ3) is 2.50. The number of nitrogens with zero attached hydrogens (tertiary/aromatic N) is 2. The second kappa shape index (κ2) is 5.54. The van der Waals surface area contributed by atoms with E-state index in [9.17, 15) is 9.90 Å². The van der Waals surface area contributed by atoms with Crippen molar-refractivity contribution in [3.05, 3.63) is 59.4 Å². The number of carboxylic acids is 1. The summed E-state index contributed by atoms with van der Waals surface area (Å²) in [5.41, 5.74) is 6.13. The second-order valence-corrected chi connectivity index (χ2v) is 6.10. The minimum absolute atomic E-state index is 0.0302. The van der Waals surface area contributed by atoms with Gasteiger partial charge < -0.3 is 9.51 Å². The molecule has 0 atom stereocenters. The van der Waals surface area contributed by atoms with Crippen LogP contribution < -0.4 is 0 Å². The summed E-state index contributed by atoms with van der Waals surface area (Å²) in [4.78, 5) is 16.0. The molecule has 2 aromatic heterocycles. The van der Waals surface area contributed by atoms with Crippen LogP contribution in [-0.2, 0) is 24.1 Å². The molecule has 4 nitrogen and oxygen atoms in total. The molecule has 1 N–H and O–H groups in total. The molecule has 0 bridgehead atoms. The molecule has 116 valence electrons. The number of aromatic nitrogens is 2. The van der Waals surface area contributed by atoms with Crippen LogP contribution in [0.3, 0.4) is 0 Å². The molecule has 0 saturated heterocycles. The van der Waals surface area contributed by atoms with Crippen LogP contribution >= 0.6 is 0 Å². The topological polar surface area (TPSA) is 54.6 Å². The number of imidazole rings is 1. The number of aryl methyl sites for hydroxylation is 2. The number of rotatable bonds is 3. The maximum absolute atomic E-state index is 11.3. The molecule has 1 aliphatic carbocycles. The van der Waals surface area contributed by atoms with Crippen molar-refractivity contribution in [3.63, 3.8) is 0 Å². The zero-order valence-electron chi connectivity index (χ0n) is 12.8. The third-order valence-corrected chi connectivity index (χ3v) is 4.57. The minimum atomic E-state index is -0.838. The fourth-order valence-corrected chi connectivity index (χ4v) is 3.47. The summed E-state index contributed by atoms with van der Waals surface area (Å²) in [5.74, 6) is -0.838. The van der Waals surface area contributed by atoms with Crippen LogP contribution in [0, 0.1) is 0 Å². The van der Waals surface area contributed by atoms with E-state index >= 15 is 0 Å². The van der Waals surface area contributed by atoms with E-state index in [1.54, 1.807) is 0 Å². The first-order chi connectivity index (χ1) is 11.2. The Morgan fingerprint density at radius 3 is 2.78 bits per heavy atom. The van der Waals surface area contributed by atoms with Gasteiger partial charge in [-0.3, -0.25) is 4.79 Å². The van der Waals surface area contributed by atoms with Crippen LogP contribution in [0.1, 0.15) is 29.7 Å². The molecule has 23 heavy (non-hydrogen) atoms. The first-order valence-corrected chi connectivity index (χ1v) is 8.02. The van der Waals surface area contributed by atoms with Gasteiger partial charge in [-0.1, -0.05) is 18.2 Å². The van der Waals surface area contributed by atoms with Crippen LogP contribution in [0.4, 0.5) is 0 Å². The summed E-state index contributed by atoms with van der Waals surface area (Å²) in [6.45, 7) is 0. The van der Waals surface area contributed by atoms with Gasteiger partial charge in [0.25, 0.3) is 0 Å². The van der Waals surface area contributed by atoms with Gasteiger partial charge in [0.1, 0.15) is 5.65 Å². The Morgan fingerprint density at radius 1 is 1.13 bits per heavy atom. The van der Waals surface area contributed by atoms with Crippen molar-refractivity contribution in [1.29, 1.82) is 0 Å². The quantitative estimate of drug-likeness (QED) is 0.805. The van der Waals surface area contributed by atoms with Gasteiger partial charge in [0.05, 0.1) is 17.8 Å². The Bertz CT molecular complexity index is 896. The third-order valence-electron chi connectivity index (χ3n) is 4.57. The largest absolute Gasteiger partial charge is 0.481 e. The molecule has 0 saturated carbocycles. The fraction of sp³-hybridized carbons (Fsp3) is 0.263. The van der Waals surface area contributed by atoms with E-state index in [1.165, 1.54) is 24.0 Å². The molecule has 0 amide bonds. The van der Waals surface area contributed by atoms with Crippen LogP contribution in [0.15, 0.2) is 42.6 Å². The molecule has 2 heterocycles. The van der Waals surface area contributed by atoms with Gasteiger partial charge in [-0.15, -0.1) is 0 Å². The highest BCUT2D eigenvalue weighted by atomic mass is 16.4. The van der Waals surface area contributed by atoms with Gasteiger partial charge in [0.2, 0.25) is 0 Å². The van der Waals surface area contributed by atoms with Crippen LogP contribution in [0.25, 0.3) is 16.9 Å². The minimum Gasteiger partial charge on any atom is -0.481 e. The number of benzene rings is 1. The molecular weight excluding hydrogens is 288 g/mol. The first-order valence-electron chi connectivity index (χ1n) is 8.02. The fourth-order valence-electron chi connectivity index (χ4n) is 3.47. The van der Waals surface area contributed by atoms with Crippen molar-refractivity contribution in [2.24, 2.45) is 0 Å². The predicted octanol–water partition coefficient (Wildman–Crippen LogP) is 3.51. The lowest BCUT2D eigenvalue weighted by molar-refractivity contribution is -0.136. The van der Waals surface area contributed by atoms with E-state index in [-0.39, 0.29) is 6.42 Å². The number of fused-ring (bicyclic) bond motifs is 2. The molecule has 0 radical (unpaired) electrons. The highest BCUT2D eigenvalue weighted by Gasteiger charge is 2.18. The zero-order valence-corrected chi connectivity index (χ0v) is 12.8. The summed E-state index contributed by atoms with van der Waals surface area (Å²) >= 11 is 0. The Morgan fingerprint density at radius 2 is 1.96 bits per heavy atom. The molecular formula is C19H18N2O2. The summed E-state index contributed by atoms with van der Waals surface area (Å²) in [6, 6.07) is 12.2. The van der Waals surface area contributed by atoms with E-state index in [1.807, 2.05) is 28.8 Å². The van der Waals surface area contributed by atoms with Crippen molar-refractivity contribution in [3.8, 4) is 11.3 Å². The van der Waals surface area contributed by atoms with E-state index in [0.29, 0.717) is 0 Å². The summed E-state index contributed by atoms with van der Waals surface area (Å²) in [7, 11) is 0. The summed E-state index contributed by atoms with van der Waals surface area (Å²) in [6.07, 6.45) is 6.57. The number of hydrogen-bond acceptors (Lipinski definition) is 2. The number of carbonyl (C=O) groups is 1. The Kier molecular flexibility index (Phi) is 3.37. The highest BCUT2D eigenvalue weighted by Crippen LogP contribution is 2.30. The van der Waals surface area contributed by atoms with E-state index < -0.39 is 5.97 Å². The van der Waals surface area contributed by atoms with E-state index in [0.717, 1.165) is 35.4 Å². The molecule has 0 fully saturated rings. The van der Waals surface area contributed by atoms with Gasteiger partial charge in [-0.05, 0) is 55.0 Å². The highest BCUT2D eigenvalue weighted by molar-refractivity contribution is 5.76. The van der Waals surface area contributed by atoms with Crippen molar-refractivity contribution in [2.75, 3.05) is 0 Å². The normalized spacial score (nSPS) is 13.9. The van der Waals surface area contributed by atoms with Crippen LogP contribution in [0.2, 0.25) is 0 Å². The van der Waals surface area contributed by atoms with Crippen molar-refractivity contribution >= 4 is 11.6 Å². The maximum atomic E-state index is 11.3. The van der Waals surface area contributed by atoms with Crippen LogP contribution in [0.5, 0.6) is 0 Å². The van der Waals surface area contributed by atoms with Crippen molar-refractivity contribution < 1.29 is 9.90 Å². The van der Waals surface area contributed by atoms with E-state index in [4.69, 9.17) is 0 Å². The molecule has 4 rings (SSSR count). The first kappa shape index (κ1) is 14.0. The molecule has 1 aromatic carbocycles. The lowest BCUT2D eigenvalue weighted by Gasteiger charge is -2.16. The second-order valence-electron chi connectivity index (χ2n) is 6.10. The van der Waals surface area contributed by atoms with Gasteiger partial charge in [0, 0.05) is 11.8 Å². The summed E-state index contributed by atoms with van der Waals surface area (Å²) in [5, 5.41) is 9.27. The molecule has 3 aromatic rings. The number of pyridine rings is 1. The Balaban J connectivity index is 1.89. The monoisotopic (exact) mass is 306 g/mol. The maximum Gasteiger partial charge on any atom is 0.309 e. The Labute approximate surface area is 134 Å². The van der Waals surface area contributed by atoms with Crippen LogP contribution in [-0.4, -0.2) is 20.5 Å². The van der Waals surface area contributed by atoms with Gasteiger partial charge >= 0.3 is 5.97 Å². The molecule has 4 heteroatoms. The van der Waals surface area contributed by atoms with Crippen molar-refractivity contribution in [1.82, 2.24) is 9.38 Å². The predicted molar refractivity (Wildman–Crippen MR) is 88.6 cm³/mol. The van der Waals surface area contributed by atoms with Gasteiger partial charge in [0.15, 0.2) is 0 Å². The molecule has 0 spiro atoms. The average Bonchev–Trinajstić information content (AvgIpc) is 2.93. The molecule has 1 aliphatic rings. The summed E-state index contributed by atoms with van der Waals surface area (Å²) < 4.78 is 1.88. The molecule has 0 unspecified atom stereocenters. The lowest BCUT2D eigenvalue weighted by atomic mass is 9.89.